The highest BCUT2D eigenvalue weighted by Crippen LogP contribution is 2.70. The van der Waals surface area contributed by atoms with Crippen LogP contribution in [-0.4, -0.2) is 15.0 Å². The van der Waals surface area contributed by atoms with E-state index in [0.717, 1.165) is 56.0 Å². The average molecular weight is 748 g/mol. The number of furan rings is 1. The standard InChI is InChI=1S/C54H41N3O/c1-31-8-7-12-38(22-31)52-55-51(35-10-3-2-4-11-35)56-53(57-52)39-16-19-44-43-18-14-37(29-48(43)58-49(44)30-39)36-15-20-45-47(28-36)54(40-24-32-23-33(26-40)27-41(54)25-32)46-21-17-34-9-5-6-13-42(34)50(45)46/h2-22,28-30,32-33,40-41H,23-27H2,1H3. The molecule has 58 heavy (non-hydrogen) atoms. The van der Waals surface area contributed by atoms with Crippen molar-refractivity contribution >= 4 is 32.7 Å². The zero-order valence-corrected chi connectivity index (χ0v) is 32.5. The van der Waals surface area contributed by atoms with Gasteiger partial charge in [0.2, 0.25) is 0 Å². The van der Waals surface area contributed by atoms with Crippen LogP contribution in [0.2, 0.25) is 0 Å². The molecule has 4 fully saturated rings. The number of nitrogens with zero attached hydrogens (tertiary/aromatic N) is 3. The second-order valence-corrected chi connectivity index (χ2v) is 17.7. The fourth-order valence-electron chi connectivity index (χ4n) is 12.4. The molecule has 5 aliphatic rings. The number of benzene rings is 7. The number of aromatic nitrogens is 3. The molecule has 7 aromatic carbocycles. The maximum atomic E-state index is 6.73. The second-order valence-electron chi connectivity index (χ2n) is 17.7. The Morgan fingerprint density at radius 2 is 1.07 bits per heavy atom. The van der Waals surface area contributed by atoms with E-state index in [1.165, 1.54) is 65.1 Å². The molecule has 278 valence electrons. The molecule has 0 radical (unpaired) electrons. The number of hydrogen-bond acceptors (Lipinski definition) is 4. The largest absolute Gasteiger partial charge is 0.456 e. The van der Waals surface area contributed by atoms with Crippen molar-refractivity contribution in [3.63, 3.8) is 0 Å². The quantitative estimate of drug-likeness (QED) is 0.180. The first kappa shape index (κ1) is 32.7. The Bertz CT molecular complexity index is 3130. The minimum atomic E-state index is 0.104. The summed E-state index contributed by atoms with van der Waals surface area (Å²) in [7, 11) is 0. The number of aryl methyl sites for hydroxylation is 1. The van der Waals surface area contributed by atoms with Crippen LogP contribution >= 0.6 is 0 Å². The highest BCUT2D eigenvalue weighted by molar-refractivity contribution is 6.07. The van der Waals surface area contributed by atoms with Gasteiger partial charge in [0.1, 0.15) is 11.2 Å². The lowest BCUT2D eigenvalue weighted by Gasteiger charge is -2.61. The second kappa shape index (κ2) is 12.1. The zero-order chi connectivity index (χ0) is 38.1. The Morgan fingerprint density at radius 1 is 0.466 bits per heavy atom. The van der Waals surface area contributed by atoms with Crippen LogP contribution in [0.25, 0.3) is 89.1 Å². The molecule has 9 aromatic rings. The predicted octanol–water partition coefficient (Wildman–Crippen LogP) is 13.6. The van der Waals surface area contributed by atoms with Crippen molar-refractivity contribution < 1.29 is 4.42 Å². The lowest BCUT2D eigenvalue weighted by molar-refractivity contribution is -0.0399. The molecule has 0 unspecified atom stereocenters. The Hall–Kier alpha value is -6.39. The van der Waals surface area contributed by atoms with Crippen molar-refractivity contribution in [2.75, 3.05) is 0 Å². The SMILES string of the molecule is Cc1cccc(-c2nc(-c3ccccc3)nc(-c3ccc4c(c3)oc3cc(-c5ccc6c(c5)C5(c7ccc8ccccc8c7-6)C6CC7CC(C6)CC5C7)ccc34)n2)c1. The van der Waals surface area contributed by atoms with Crippen LogP contribution in [0.5, 0.6) is 0 Å². The van der Waals surface area contributed by atoms with Gasteiger partial charge in [-0.05, 0) is 143 Å². The molecule has 0 amide bonds. The predicted molar refractivity (Wildman–Crippen MR) is 234 cm³/mol. The minimum Gasteiger partial charge on any atom is -0.456 e. The lowest BCUT2D eigenvalue weighted by Crippen LogP contribution is -2.55. The van der Waals surface area contributed by atoms with Crippen LogP contribution in [0.1, 0.15) is 48.8 Å². The summed E-state index contributed by atoms with van der Waals surface area (Å²) in [6.45, 7) is 2.09. The molecule has 4 saturated carbocycles. The highest BCUT2D eigenvalue weighted by atomic mass is 16.3. The molecule has 0 saturated heterocycles. The molecule has 4 bridgehead atoms. The Morgan fingerprint density at radius 3 is 1.81 bits per heavy atom. The van der Waals surface area contributed by atoms with Crippen LogP contribution in [-0.2, 0) is 5.41 Å². The first-order valence-electron chi connectivity index (χ1n) is 21.1. The zero-order valence-electron chi connectivity index (χ0n) is 32.5. The number of fused-ring (bicyclic) bond motifs is 8. The number of rotatable bonds is 4. The average Bonchev–Trinajstić information content (AvgIpc) is 3.78. The van der Waals surface area contributed by atoms with E-state index < -0.39 is 0 Å². The van der Waals surface area contributed by atoms with Gasteiger partial charge in [0.05, 0.1) is 0 Å². The van der Waals surface area contributed by atoms with E-state index in [1.807, 2.05) is 30.3 Å². The normalized spacial score (nSPS) is 22.6. The molecule has 2 heterocycles. The van der Waals surface area contributed by atoms with E-state index in [9.17, 15) is 0 Å². The van der Waals surface area contributed by atoms with Gasteiger partial charge in [-0.15, -0.1) is 0 Å². The summed E-state index contributed by atoms with van der Waals surface area (Å²) in [5, 5.41) is 4.95. The van der Waals surface area contributed by atoms with Gasteiger partial charge in [-0.1, -0.05) is 115 Å². The summed E-state index contributed by atoms with van der Waals surface area (Å²) in [6, 6.07) is 53.0. The maximum absolute atomic E-state index is 6.73. The molecule has 14 rings (SSSR count). The summed E-state index contributed by atoms with van der Waals surface area (Å²) >= 11 is 0. The summed E-state index contributed by atoms with van der Waals surface area (Å²) in [4.78, 5) is 14.9. The first-order valence-corrected chi connectivity index (χ1v) is 21.1. The third kappa shape index (κ3) is 4.66. The fourth-order valence-corrected chi connectivity index (χ4v) is 12.4. The third-order valence-corrected chi connectivity index (χ3v) is 14.5. The van der Waals surface area contributed by atoms with Crippen molar-refractivity contribution in [3.05, 3.63) is 162 Å². The van der Waals surface area contributed by atoms with Crippen LogP contribution in [0.3, 0.4) is 0 Å². The molecule has 4 nitrogen and oxygen atoms in total. The van der Waals surface area contributed by atoms with Crippen molar-refractivity contribution in [3.8, 4) is 56.4 Å². The van der Waals surface area contributed by atoms with Gasteiger partial charge in [0.25, 0.3) is 0 Å². The van der Waals surface area contributed by atoms with E-state index in [-0.39, 0.29) is 5.41 Å². The molecule has 1 spiro atoms. The van der Waals surface area contributed by atoms with E-state index >= 15 is 0 Å². The van der Waals surface area contributed by atoms with Gasteiger partial charge in [-0.25, -0.2) is 15.0 Å². The van der Waals surface area contributed by atoms with Gasteiger partial charge < -0.3 is 4.42 Å². The fraction of sp³-hybridized carbons (Fsp3) is 0.204. The van der Waals surface area contributed by atoms with Crippen LogP contribution in [0.15, 0.2) is 150 Å². The molecular formula is C54H41N3O. The van der Waals surface area contributed by atoms with Gasteiger partial charge in [-0.3, -0.25) is 0 Å². The van der Waals surface area contributed by atoms with Gasteiger partial charge in [-0.2, -0.15) is 0 Å². The Labute approximate surface area is 337 Å². The molecule has 4 heteroatoms. The van der Waals surface area contributed by atoms with Crippen molar-refractivity contribution in [1.82, 2.24) is 15.0 Å². The van der Waals surface area contributed by atoms with Crippen molar-refractivity contribution in [2.24, 2.45) is 23.7 Å². The van der Waals surface area contributed by atoms with Crippen molar-refractivity contribution in [1.29, 1.82) is 0 Å². The van der Waals surface area contributed by atoms with E-state index in [0.29, 0.717) is 29.3 Å². The molecule has 0 atom stereocenters. The van der Waals surface area contributed by atoms with Crippen molar-refractivity contribution in [2.45, 2.75) is 44.4 Å². The first-order chi connectivity index (χ1) is 28.6. The Kier molecular flexibility index (Phi) is 6.80. The van der Waals surface area contributed by atoms with E-state index in [4.69, 9.17) is 19.4 Å². The summed E-state index contributed by atoms with van der Waals surface area (Å²) < 4.78 is 6.73. The van der Waals surface area contributed by atoms with Crippen LogP contribution in [0.4, 0.5) is 0 Å². The number of hydrogen-bond donors (Lipinski definition) is 0. The van der Waals surface area contributed by atoms with Gasteiger partial charge >= 0.3 is 0 Å². The monoisotopic (exact) mass is 747 g/mol. The topological polar surface area (TPSA) is 51.8 Å². The maximum Gasteiger partial charge on any atom is 0.164 e. The highest BCUT2D eigenvalue weighted by Gasteiger charge is 2.61. The van der Waals surface area contributed by atoms with Gasteiger partial charge in [0, 0.05) is 32.9 Å². The lowest BCUT2D eigenvalue weighted by atomic mass is 9.43. The molecule has 5 aliphatic carbocycles. The van der Waals surface area contributed by atoms with E-state index in [1.54, 1.807) is 11.1 Å². The Balaban J connectivity index is 0.926. The third-order valence-electron chi connectivity index (χ3n) is 14.5. The minimum absolute atomic E-state index is 0.104. The smallest absolute Gasteiger partial charge is 0.164 e. The molecule has 0 aliphatic heterocycles. The molecule has 2 aromatic heterocycles. The summed E-state index contributed by atoms with van der Waals surface area (Å²) in [6.07, 6.45) is 6.96. The van der Waals surface area contributed by atoms with E-state index in [2.05, 4.69) is 122 Å². The van der Waals surface area contributed by atoms with Crippen LogP contribution in [0, 0.1) is 30.6 Å². The van der Waals surface area contributed by atoms with Gasteiger partial charge in [0.15, 0.2) is 17.5 Å². The molecule has 0 N–H and O–H groups in total. The molecular weight excluding hydrogens is 707 g/mol. The summed E-state index contributed by atoms with van der Waals surface area (Å²) in [5.41, 5.74) is 14.4. The van der Waals surface area contributed by atoms with Crippen LogP contribution < -0.4 is 0 Å². The summed E-state index contributed by atoms with van der Waals surface area (Å²) in [5.74, 6) is 5.18.